The van der Waals surface area contributed by atoms with Crippen molar-refractivity contribution in [3.8, 4) is 5.88 Å². The molecule has 0 amide bonds. The van der Waals surface area contributed by atoms with Crippen LogP contribution in [0, 0.1) is 11.8 Å². The number of hydrogen-bond donors (Lipinski definition) is 1. The van der Waals surface area contributed by atoms with Crippen LogP contribution >= 0.6 is 0 Å². The molecule has 3 atom stereocenters. The van der Waals surface area contributed by atoms with Crippen molar-refractivity contribution in [1.29, 1.82) is 0 Å². The van der Waals surface area contributed by atoms with Crippen molar-refractivity contribution in [3.05, 3.63) is 23.9 Å². The van der Waals surface area contributed by atoms with Crippen LogP contribution < -0.4 is 4.74 Å². The van der Waals surface area contributed by atoms with E-state index in [0.717, 1.165) is 24.7 Å². The van der Waals surface area contributed by atoms with E-state index in [0.29, 0.717) is 0 Å². The van der Waals surface area contributed by atoms with Gasteiger partial charge in [-0.3, -0.25) is 0 Å². The summed E-state index contributed by atoms with van der Waals surface area (Å²) in [6, 6.07) is 3.17. The minimum Gasteiger partial charge on any atom is -0.477 e. The van der Waals surface area contributed by atoms with E-state index in [1.54, 1.807) is 18.3 Å². The topological polar surface area (TPSA) is 59.4 Å². The molecule has 2 aliphatic rings. The summed E-state index contributed by atoms with van der Waals surface area (Å²) in [5.41, 5.74) is 0.162. The second-order valence-corrected chi connectivity index (χ2v) is 5.42. The Kier molecular flexibility index (Phi) is 2.94. The van der Waals surface area contributed by atoms with E-state index in [4.69, 9.17) is 9.84 Å². The molecule has 0 aromatic carbocycles. The Morgan fingerprint density at radius 1 is 1.28 bits per heavy atom. The summed E-state index contributed by atoms with van der Waals surface area (Å²) < 4.78 is 5.84. The maximum atomic E-state index is 11.1. The van der Waals surface area contributed by atoms with Gasteiger partial charge >= 0.3 is 5.97 Å². The standard InChI is InChI=1S/C14H17NO3/c16-14(17)12-2-1-5-15-13(12)18-11-7-9-3-4-10(6-9)8-11/h1-2,5,9-11H,3-4,6-8H2,(H,16,17)/t9-,10+,11?. The molecule has 0 aliphatic heterocycles. The van der Waals surface area contributed by atoms with Gasteiger partial charge in [-0.1, -0.05) is 12.8 Å². The molecule has 1 aromatic rings. The quantitative estimate of drug-likeness (QED) is 0.892. The van der Waals surface area contributed by atoms with Gasteiger partial charge in [0.1, 0.15) is 11.7 Å². The van der Waals surface area contributed by atoms with E-state index in [1.165, 1.54) is 19.3 Å². The number of pyridine rings is 1. The van der Waals surface area contributed by atoms with Crippen LogP contribution in [-0.2, 0) is 0 Å². The van der Waals surface area contributed by atoms with Gasteiger partial charge in [0.15, 0.2) is 0 Å². The Morgan fingerprint density at radius 2 is 2.00 bits per heavy atom. The third-order valence-electron chi connectivity index (χ3n) is 4.12. The lowest BCUT2D eigenvalue weighted by atomic mass is 9.87. The molecule has 18 heavy (non-hydrogen) atoms. The Morgan fingerprint density at radius 3 is 2.67 bits per heavy atom. The van der Waals surface area contributed by atoms with E-state index in [-0.39, 0.29) is 17.5 Å². The average Bonchev–Trinajstić information content (AvgIpc) is 2.69. The van der Waals surface area contributed by atoms with Gasteiger partial charge in [0.25, 0.3) is 0 Å². The van der Waals surface area contributed by atoms with Crippen molar-refractivity contribution in [2.24, 2.45) is 11.8 Å². The number of ether oxygens (including phenoxy) is 1. The average molecular weight is 247 g/mol. The Balaban J connectivity index is 1.75. The minimum absolute atomic E-state index is 0.143. The summed E-state index contributed by atoms with van der Waals surface area (Å²) >= 11 is 0. The van der Waals surface area contributed by atoms with E-state index in [9.17, 15) is 4.79 Å². The second kappa shape index (κ2) is 4.59. The van der Waals surface area contributed by atoms with E-state index >= 15 is 0 Å². The second-order valence-electron chi connectivity index (χ2n) is 5.42. The molecule has 1 N–H and O–H groups in total. The van der Waals surface area contributed by atoms with Crippen molar-refractivity contribution >= 4 is 5.97 Å². The van der Waals surface area contributed by atoms with Crippen LogP contribution in [0.15, 0.2) is 18.3 Å². The normalized spacial score (nSPS) is 30.1. The lowest BCUT2D eigenvalue weighted by Gasteiger charge is -2.28. The Hall–Kier alpha value is -1.58. The predicted molar refractivity (Wildman–Crippen MR) is 65.7 cm³/mol. The smallest absolute Gasteiger partial charge is 0.341 e. The summed E-state index contributed by atoms with van der Waals surface area (Å²) in [7, 11) is 0. The molecule has 2 saturated carbocycles. The largest absolute Gasteiger partial charge is 0.477 e. The summed E-state index contributed by atoms with van der Waals surface area (Å²) in [6.45, 7) is 0. The number of rotatable bonds is 3. The highest BCUT2D eigenvalue weighted by Crippen LogP contribution is 2.43. The first-order valence-corrected chi connectivity index (χ1v) is 6.57. The van der Waals surface area contributed by atoms with E-state index in [2.05, 4.69) is 4.98 Å². The monoisotopic (exact) mass is 247 g/mol. The number of aromatic nitrogens is 1. The Bertz CT molecular complexity index is 448. The number of hydrogen-bond acceptors (Lipinski definition) is 3. The maximum absolute atomic E-state index is 11.1. The van der Waals surface area contributed by atoms with Gasteiger partial charge in [0.05, 0.1) is 0 Å². The van der Waals surface area contributed by atoms with Gasteiger partial charge in [-0.05, 0) is 43.2 Å². The van der Waals surface area contributed by atoms with Crippen molar-refractivity contribution in [3.63, 3.8) is 0 Å². The zero-order valence-corrected chi connectivity index (χ0v) is 10.2. The molecule has 2 aliphatic carbocycles. The highest BCUT2D eigenvalue weighted by molar-refractivity contribution is 5.90. The molecule has 0 spiro atoms. The molecule has 2 fully saturated rings. The van der Waals surface area contributed by atoms with E-state index in [1.807, 2.05) is 0 Å². The third kappa shape index (κ3) is 2.19. The lowest BCUT2D eigenvalue weighted by Crippen LogP contribution is -2.27. The minimum atomic E-state index is -0.975. The molecule has 96 valence electrons. The van der Waals surface area contributed by atoms with Gasteiger partial charge in [-0.25, -0.2) is 9.78 Å². The molecular formula is C14H17NO3. The van der Waals surface area contributed by atoms with Crippen LogP contribution in [0.2, 0.25) is 0 Å². The fourth-order valence-electron chi connectivity index (χ4n) is 3.35. The fraction of sp³-hybridized carbons (Fsp3) is 0.571. The van der Waals surface area contributed by atoms with Crippen LogP contribution in [0.5, 0.6) is 5.88 Å². The molecule has 0 radical (unpaired) electrons. The summed E-state index contributed by atoms with van der Waals surface area (Å²) in [6.07, 6.45) is 7.76. The first-order valence-electron chi connectivity index (χ1n) is 6.57. The molecule has 3 rings (SSSR count). The number of nitrogens with zero attached hydrogens (tertiary/aromatic N) is 1. The highest BCUT2D eigenvalue weighted by atomic mass is 16.5. The molecule has 1 unspecified atom stereocenters. The molecular weight excluding hydrogens is 230 g/mol. The summed E-state index contributed by atoms with van der Waals surface area (Å²) in [4.78, 5) is 15.1. The number of carboxylic acid groups (broad SMARTS) is 1. The molecule has 1 aromatic heterocycles. The van der Waals surface area contributed by atoms with Gasteiger partial charge in [-0.2, -0.15) is 0 Å². The van der Waals surface area contributed by atoms with Crippen molar-refractivity contribution in [1.82, 2.24) is 4.98 Å². The van der Waals surface area contributed by atoms with Gasteiger partial charge in [0.2, 0.25) is 5.88 Å². The predicted octanol–water partition coefficient (Wildman–Crippen LogP) is 2.74. The summed E-state index contributed by atoms with van der Waals surface area (Å²) in [5.74, 6) is 0.838. The third-order valence-corrected chi connectivity index (χ3v) is 4.12. The fourth-order valence-corrected chi connectivity index (χ4v) is 3.35. The highest BCUT2D eigenvalue weighted by Gasteiger charge is 2.35. The molecule has 4 heteroatoms. The van der Waals surface area contributed by atoms with Crippen LogP contribution in [0.4, 0.5) is 0 Å². The van der Waals surface area contributed by atoms with Gasteiger partial charge in [0, 0.05) is 6.20 Å². The van der Waals surface area contributed by atoms with Crippen LogP contribution in [0.3, 0.4) is 0 Å². The zero-order chi connectivity index (χ0) is 12.5. The first-order chi connectivity index (χ1) is 8.72. The molecule has 2 bridgehead atoms. The van der Waals surface area contributed by atoms with Crippen LogP contribution in [0.25, 0.3) is 0 Å². The molecule has 4 nitrogen and oxygen atoms in total. The van der Waals surface area contributed by atoms with Crippen LogP contribution in [0.1, 0.15) is 42.5 Å². The van der Waals surface area contributed by atoms with Crippen LogP contribution in [-0.4, -0.2) is 22.2 Å². The number of carbonyl (C=O) groups is 1. The number of aromatic carboxylic acids is 1. The molecule has 1 heterocycles. The number of carboxylic acids is 1. The SMILES string of the molecule is O=C(O)c1cccnc1OC1C[C@H]2CC[C@@H](C1)C2. The summed E-state index contributed by atoms with van der Waals surface area (Å²) in [5, 5.41) is 9.09. The molecule has 0 saturated heterocycles. The maximum Gasteiger partial charge on any atom is 0.341 e. The lowest BCUT2D eigenvalue weighted by molar-refractivity contribution is 0.0677. The zero-order valence-electron chi connectivity index (χ0n) is 10.2. The van der Waals surface area contributed by atoms with Gasteiger partial charge < -0.3 is 9.84 Å². The van der Waals surface area contributed by atoms with Crippen molar-refractivity contribution in [2.45, 2.75) is 38.2 Å². The van der Waals surface area contributed by atoms with Gasteiger partial charge in [-0.15, -0.1) is 0 Å². The Labute approximate surface area is 106 Å². The van der Waals surface area contributed by atoms with E-state index < -0.39 is 5.97 Å². The number of fused-ring (bicyclic) bond motifs is 2. The first kappa shape index (κ1) is 11.5. The van der Waals surface area contributed by atoms with Crippen molar-refractivity contribution < 1.29 is 14.6 Å². The van der Waals surface area contributed by atoms with Crippen molar-refractivity contribution in [2.75, 3.05) is 0 Å².